The quantitative estimate of drug-likeness (QED) is 0.861. The maximum Gasteiger partial charge on any atom is 0.259 e. The van der Waals surface area contributed by atoms with Crippen LogP contribution in [0, 0.1) is 18.3 Å². The monoisotopic (exact) mass is 328 g/mol. The molecule has 1 rings (SSSR count). The number of nitriles is 1. The van der Waals surface area contributed by atoms with E-state index in [1.807, 2.05) is 6.92 Å². The molecule has 0 aliphatic carbocycles. The highest BCUT2D eigenvalue weighted by molar-refractivity contribution is 6.36. The van der Waals surface area contributed by atoms with Gasteiger partial charge in [-0.15, -0.1) is 0 Å². The first-order chi connectivity index (χ1) is 9.83. The summed E-state index contributed by atoms with van der Waals surface area (Å²) >= 11 is 12.0. The zero-order valence-corrected chi connectivity index (χ0v) is 13.8. The molecule has 0 fully saturated rings. The molecule has 0 bridgehead atoms. The van der Waals surface area contributed by atoms with E-state index in [9.17, 15) is 4.79 Å². The van der Waals surface area contributed by atoms with Gasteiger partial charge >= 0.3 is 0 Å². The minimum absolute atomic E-state index is 0.207. The van der Waals surface area contributed by atoms with Crippen LogP contribution in [0.5, 0.6) is 5.75 Å². The molecule has 1 atom stereocenters. The van der Waals surface area contributed by atoms with Crippen molar-refractivity contribution in [3.05, 3.63) is 27.7 Å². The van der Waals surface area contributed by atoms with Crippen LogP contribution in [0.25, 0.3) is 0 Å². The van der Waals surface area contributed by atoms with Crippen molar-refractivity contribution >= 4 is 29.1 Å². The number of ether oxygens (including phenoxy) is 1. The van der Waals surface area contributed by atoms with Gasteiger partial charge in [0.05, 0.1) is 11.1 Å². The molecule has 0 aliphatic heterocycles. The molecule has 0 heterocycles. The highest BCUT2D eigenvalue weighted by Gasteiger charge is 2.25. The zero-order valence-electron chi connectivity index (χ0n) is 12.3. The van der Waals surface area contributed by atoms with E-state index >= 15 is 0 Å². The summed E-state index contributed by atoms with van der Waals surface area (Å²) in [7, 11) is 0. The Labute approximate surface area is 135 Å². The van der Waals surface area contributed by atoms with E-state index in [4.69, 9.17) is 33.2 Å². The van der Waals surface area contributed by atoms with Crippen molar-refractivity contribution in [2.24, 2.45) is 0 Å². The van der Waals surface area contributed by atoms with Crippen LogP contribution in [0.15, 0.2) is 12.1 Å². The Hall–Kier alpha value is -1.44. The summed E-state index contributed by atoms with van der Waals surface area (Å²) in [5, 5.41) is 12.7. The molecule has 1 amide bonds. The van der Waals surface area contributed by atoms with Crippen molar-refractivity contribution in [3.63, 3.8) is 0 Å². The summed E-state index contributed by atoms with van der Waals surface area (Å²) in [4.78, 5) is 11.9. The largest absolute Gasteiger partial charge is 0.482 e. The number of nitrogens with one attached hydrogen (secondary N) is 1. The second-order valence-electron chi connectivity index (χ2n) is 5.02. The van der Waals surface area contributed by atoms with E-state index < -0.39 is 5.54 Å². The minimum Gasteiger partial charge on any atom is -0.482 e. The molecule has 4 nitrogen and oxygen atoms in total. The first kappa shape index (κ1) is 17.6. The van der Waals surface area contributed by atoms with Crippen LogP contribution in [-0.4, -0.2) is 18.1 Å². The Balaban J connectivity index is 2.66. The van der Waals surface area contributed by atoms with Crippen molar-refractivity contribution in [1.82, 2.24) is 5.32 Å². The molecule has 1 N–H and O–H groups in total. The number of nitrogens with zero attached hydrogens (tertiary/aromatic N) is 1. The number of rotatable bonds is 6. The average molecular weight is 329 g/mol. The van der Waals surface area contributed by atoms with Gasteiger partial charge in [-0.1, -0.05) is 36.5 Å². The second kappa shape index (κ2) is 7.53. The fourth-order valence-corrected chi connectivity index (χ4v) is 2.31. The molecule has 0 aliphatic rings. The molecular weight excluding hydrogens is 311 g/mol. The normalized spacial score (nSPS) is 13.1. The lowest BCUT2D eigenvalue weighted by molar-refractivity contribution is -0.124. The van der Waals surface area contributed by atoms with Crippen molar-refractivity contribution in [2.75, 3.05) is 6.61 Å². The van der Waals surface area contributed by atoms with Crippen molar-refractivity contribution in [2.45, 2.75) is 39.2 Å². The van der Waals surface area contributed by atoms with Crippen molar-refractivity contribution in [1.29, 1.82) is 5.26 Å². The van der Waals surface area contributed by atoms with Gasteiger partial charge in [-0.3, -0.25) is 4.79 Å². The van der Waals surface area contributed by atoms with Crippen LogP contribution in [0.2, 0.25) is 10.0 Å². The van der Waals surface area contributed by atoms with Crippen molar-refractivity contribution < 1.29 is 9.53 Å². The van der Waals surface area contributed by atoms with Crippen LogP contribution in [0.3, 0.4) is 0 Å². The number of carbonyl (C=O) groups is 1. The second-order valence-corrected chi connectivity index (χ2v) is 5.80. The smallest absolute Gasteiger partial charge is 0.259 e. The molecule has 0 saturated heterocycles. The number of carbonyl (C=O) groups excluding carboxylic acids is 1. The topological polar surface area (TPSA) is 62.1 Å². The minimum atomic E-state index is -0.880. The van der Waals surface area contributed by atoms with Gasteiger partial charge in [0.1, 0.15) is 11.3 Å². The van der Waals surface area contributed by atoms with E-state index in [1.165, 1.54) is 0 Å². The molecule has 21 heavy (non-hydrogen) atoms. The standard InChI is InChI=1S/C15H18Cl2N2O2/c1-4-7-15(3,9-18)19-13(20)8-21-12-6-5-11(16)10(2)14(12)17/h5-6H,4,7-8H2,1-3H3,(H,19,20). The fourth-order valence-electron chi connectivity index (χ4n) is 1.88. The van der Waals surface area contributed by atoms with E-state index in [1.54, 1.807) is 26.0 Å². The predicted octanol–water partition coefficient (Wildman–Crippen LogP) is 3.88. The summed E-state index contributed by atoms with van der Waals surface area (Å²) in [6, 6.07) is 5.38. The molecule has 1 unspecified atom stereocenters. The average Bonchev–Trinajstić information content (AvgIpc) is 2.44. The summed E-state index contributed by atoms with van der Waals surface area (Å²) in [5.41, 5.74) is -0.182. The number of halogens is 2. The van der Waals surface area contributed by atoms with Gasteiger partial charge in [0.15, 0.2) is 6.61 Å². The van der Waals surface area contributed by atoms with E-state index in [0.29, 0.717) is 27.8 Å². The fraction of sp³-hybridized carbons (Fsp3) is 0.467. The third-order valence-corrected chi connectivity index (χ3v) is 3.93. The SMILES string of the molecule is CCCC(C)(C#N)NC(=O)COc1ccc(Cl)c(C)c1Cl. The van der Waals surface area contributed by atoms with Gasteiger partial charge in [-0.25, -0.2) is 0 Å². The molecule has 0 radical (unpaired) electrons. The Morgan fingerprint density at radius 3 is 2.71 bits per heavy atom. The zero-order chi connectivity index (χ0) is 16.0. The van der Waals surface area contributed by atoms with E-state index in [-0.39, 0.29) is 12.5 Å². The van der Waals surface area contributed by atoms with E-state index in [2.05, 4.69) is 11.4 Å². The maximum atomic E-state index is 11.9. The number of hydrogen-bond acceptors (Lipinski definition) is 3. The maximum absolute atomic E-state index is 11.9. The number of hydrogen-bond donors (Lipinski definition) is 1. The van der Waals surface area contributed by atoms with Crippen LogP contribution in [0.4, 0.5) is 0 Å². The molecular formula is C15H18Cl2N2O2. The van der Waals surface area contributed by atoms with Gasteiger partial charge in [0.25, 0.3) is 5.91 Å². The van der Waals surface area contributed by atoms with Crippen LogP contribution < -0.4 is 10.1 Å². The van der Waals surface area contributed by atoms with Crippen LogP contribution >= 0.6 is 23.2 Å². The molecule has 1 aromatic rings. The highest BCUT2D eigenvalue weighted by atomic mass is 35.5. The predicted molar refractivity (Wildman–Crippen MR) is 83.8 cm³/mol. The van der Waals surface area contributed by atoms with Gasteiger partial charge in [-0.2, -0.15) is 5.26 Å². The Morgan fingerprint density at radius 1 is 1.48 bits per heavy atom. The first-order valence-corrected chi connectivity index (χ1v) is 7.38. The lowest BCUT2D eigenvalue weighted by atomic mass is 9.98. The summed E-state index contributed by atoms with van der Waals surface area (Å²) in [6.07, 6.45) is 1.38. The molecule has 114 valence electrons. The third kappa shape index (κ3) is 4.80. The van der Waals surface area contributed by atoms with Gasteiger partial charge in [0.2, 0.25) is 0 Å². The highest BCUT2D eigenvalue weighted by Crippen LogP contribution is 2.32. The molecule has 0 aromatic heterocycles. The Bertz CT molecular complexity index is 570. The first-order valence-electron chi connectivity index (χ1n) is 6.62. The van der Waals surface area contributed by atoms with Gasteiger partial charge in [-0.05, 0) is 38.0 Å². The lowest BCUT2D eigenvalue weighted by Gasteiger charge is -2.22. The summed E-state index contributed by atoms with van der Waals surface area (Å²) < 4.78 is 5.39. The molecule has 6 heteroatoms. The molecule has 1 aromatic carbocycles. The number of amides is 1. The lowest BCUT2D eigenvalue weighted by Crippen LogP contribution is -2.46. The van der Waals surface area contributed by atoms with Gasteiger partial charge < -0.3 is 10.1 Å². The van der Waals surface area contributed by atoms with E-state index in [0.717, 1.165) is 6.42 Å². The molecule has 0 spiro atoms. The third-order valence-electron chi connectivity index (χ3n) is 3.06. The van der Waals surface area contributed by atoms with Crippen LogP contribution in [0.1, 0.15) is 32.3 Å². The van der Waals surface area contributed by atoms with Gasteiger partial charge in [0, 0.05) is 5.02 Å². The Morgan fingerprint density at radius 2 is 2.14 bits per heavy atom. The number of benzene rings is 1. The molecule has 0 saturated carbocycles. The summed E-state index contributed by atoms with van der Waals surface area (Å²) in [5.74, 6) is 0.0269. The van der Waals surface area contributed by atoms with Crippen LogP contribution in [-0.2, 0) is 4.79 Å². The Kier molecular flexibility index (Phi) is 6.32. The summed E-state index contributed by atoms with van der Waals surface area (Å²) in [6.45, 7) is 5.20. The van der Waals surface area contributed by atoms with Crippen molar-refractivity contribution in [3.8, 4) is 11.8 Å².